The van der Waals surface area contributed by atoms with E-state index < -0.39 is 0 Å². The van der Waals surface area contributed by atoms with E-state index in [1.165, 1.54) is 0 Å². The molecule has 2 aromatic heterocycles. The average Bonchev–Trinajstić information content (AvgIpc) is 3.03. The second-order valence-corrected chi connectivity index (χ2v) is 5.87. The van der Waals surface area contributed by atoms with Gasteiger partial charge in [-0.05, 0) is 67.6 Å². The van der Waals surface area contributed by atoms with Crippen molar-refractivity contribution in [2.45, 2.75) is 6.92 Å². The van der Waals surface area contributed by atoms with E-state index in [1.807, 2.05) is 72.1 Å². The summed E-state index contributed by atoms with van der Waals surface area (Å²) in [4.78, 5) is 4.75. The fraction of sp³-hybridized carbons (Fsp3) is 0.0952. The van der Waals surface area contributed by atoms with E-state index in [0.717, 1.165) is 34.2 Å². The Morgan fingerprint density at radius 3 is 2.50 bits per heavy atom. The second-order valence-electron chi connectivity index (χ2n) is 5.87. The first kappa shape index (κ1) is 16.0. The van der Waals surface area contributed by atoms with Crippen LogP contribution in [0.4, 0.5) is 11.5 Å². The summed E-state index contributed by atoms with van der Waals surface area (Å²) in [7, 11) is 0. The standard InChI is InChI=1S/C21H19N3O2/c1-2-26-18-12-8-16(9-13-18)22-21-20(15-6-10-17(25)11-7-15)23-19-5-3-4-14-24(19)21/h3-14,22,25H,2H2,1H3. The van der Waals surface area contributed by atoms with Crippen molar-refractivity contribution in [3.8, 4) is 22.8 Å². The molecule has 4 rings (SSSR count). The van der Waals surface area contributed by atoms with Crippen molar-refractivity contribution in [2.75, 3.05) is 11.9 Å². The van der Waals surface area contributed by atoms with Gasteiger partial charge >= 0.3 is 0 Å². The van der Waals surface area contributed by atoms with Crippen LogP contribution in [0.25, 0.3) is 16.9 Å². The first-order chi connectivity index (χ1) is 12.7. The number of pyridine rings is 1. The van der Waals surface area contributed by atoms with Crippen molar-refractivity contribution in [1.82, 2.24) is 9.38 Å². The highest BCUT2D eigenvalue weighted by Crippen LogP contribution is 2.32. The molecule has 5 nitrogen and oxygen atoms in total. The SMILES string of the molecule is CCOc1ccc(Nc2c(-c3ccc(O)cc3)nc3ccccn23)cc1. The molecule has 2 heterocycles. The van der Waals surface area contributed by atoms with Crippen molar-refractivity contribution in [3.05, 3.63) is 72.9 Å². The van der Waals surface area contributed by atoms with E-state index in [4.69, 9.17) is 9.72 Å². The van der Waals surface area contributed by atoms with Gasteiger partial charge in [0.05, 0.1) is 6.61 Å². The number of imidazole rings is 1. The molecule has 0 atom stereocenters. The highest BCUT2D eigenvalue weighted by molar-refractivity contribution is 5.79. The van der Waals surface area contributed by atoms with E-state index in [0.29, 0.717) is 6.61 Å². The van der Waals surface area contributed by atoms with Gasteiger partial charge in [0.15, 0.2) is 0 Å². The zero-order valence-electron chi connectivity index (χ0n) is 14.4. The zero-order chi connectivity index (χ0) is 17.9. The summed E-state index contributed by atoms with van der Waals surface area (Å²) in [6.45, 7) is 2.61. The van der Waals surface area contributed by atoms with Crippen molar-refractivity contribution in [1.29, 1.82) is 0 Å². The minimum Gasteiger partial charge on any atom is -0.508 e. The quantitative estimate of drug-likeness (QED) is 0.543. The van der Waals surface area contributed by atoms with Crippen LogP contribution in [0, 0.1) is 0 Å². The minimum atomic E-state index is 0.235. The van der Waals surface area contributed by atoms with Crippen LogP contribution in [0.1, 0.15) is 6.92 Å². The zero-order valence-corrected chi connectivity index (χ0v) is 14.4. The van der Waals surface area contributed by atoms with Gasteiger partial charge < -0.3 is 15.2 Å². The Morgan fingerprint density at radius 2 is 1.77 bits per heavy atom. The van der Waals surface area contributed by atoms with Crippen LogP contribution in [0.3, 0.4) is 0 Å². The van der Waals surface area contributed by atoms with Gasteiger partial charge in [-0.15, -0.1) is 0 Å². The van der Waals surface area contributed by atoms with E-state index in [1.54, 1.807) is 12.1 Å². The number of aromatic hydroxyl groups is 1. The summed E-state index contributed by atoms with van der Waals surface area (Å²) in [5.41, 5.74) is 3.55. The van der Waals surface area contributed by atoms with Gasteiger partial charge in [-0.2, -0.15) is 0 Å². The Bertz CT molecular complexity index is 1020. The summed E-state index contributed by atoms with van der Waals surface area (Å²) in [6.07, 6.45) is 1.98. The number of fused-ring (bicyclic) bond motifs is 1. The molecular formula is C21H19N3O2. The third-order valence-corrected chi connectivity index (χ3v) is 4.10. The molecule has 0 unspecified atom stereocenters. The molecule has 0 amide bonds. The molecule has 0 spiro atoms. The number of hydrogen-bond acceptors (Lipinski definition) is 4. The molecule has 0 aliphatic carbocycles. The maximum absolute atomic E-state index is 9.56. The maximum atomic E-state index is 9.56. The molecule has 130 valence electrons. The van der Waals surface area contributed by atoms with Gasteiger partial charge in [-0.25, -0.2) is 4.98 Å². The number of nitrogens with zero attached hydrogens (tertiary/aromatic N) is 2. The molecule has 2 N–H and O–H groups in total. The Hall–Kier alpha value is -3.47. The Balaban J connectivity index is 1.77. The Kier molecular flexibility index (Phi) is 4.19. The number of ether oxygens (including phenoxy) is 1. The highest BCUT2D eigenvalue weighted by Gasteiger charge is 2.14. The molecule has 2 aromatic carbocycles. The lowest BCUT2D eigenvalue weighted by molar-refractivity contribution is 0.340. The van der Waals surface area contributed by atoms with Gasteiger partial charge in [0.25, 0.3) is 0 Å². The molecule has 26 heavy (non-hydrogen) atoms. The van der Waals surface area contributed by atoms with Crippen LogP contribution in [0.15, 0.2) is 72.9 Å². The van der Waals surface area contributed by atoms with Crippen LogP contribution < -0.4 is 10.1 Å². The van der Waals surface area contributed by atoms with Gasteiger partial charge in [0.1, 0.15) is 28.7 Å². The molecule has 0 fully saturated rings. The number of nitrogens with one attached hydrogen (secondary N) is 1. The van der Waals surface area contributed by atoms with Crippen molar-refractivity contribution >= 4 is 17.2 Å². The van der Waals surface area contributed by atoms with Crippen molar-refractivity contribution < 1.29 is 9.84 Å². The van der Waals surface area contributed by atoms with Crippen LogP contribution in [-0.4, -0.2) is 21.1 Å². The number of phenols is 1. The van der Waals surface area contributed by atoms with E-state index in [-0.39, 0.29) is 5.75 Å². The van der Waals surface area contributed by atoms with Gasteiger partial charge in [-0.1, -0.05) is 6.07 Å². The second kappa shape index (κ2) is 6.80. The number of phenolic OH excluding ortho intramolecular Hbond substituents is 1. The molecule has 0 aliphatic heterocycles. The maximum Gasteiger partial charge on any atom is 0.143 e. The normalized spacial score (nSPS) is 10.8. The lowest BCUT2D eigenvalue weighted by Gasteiger charge is -2.10. The van der Waals surface area contributed by atoms with E-state index in [9.17, 15) is 5.11 Å². The highest BCUT2D eigenvalue weighted by atomic mass is 16.5. The first-order valence-corrected chi connectivity index (χ1v) is 8.51. The summed E-state index contributed by atoms with van der Waals surface area (Å²) in [5.74, 6) is 1.95. The predicted molar refractivity (Wildman–Crippen MR) is 103 cm³/mol. The Morgan fingerprint density at radius 1 is 1.00 bits per heavy atom. The summed E-state index contributed by atoms with van der Waals surface area (Å²) in [5, 5.41) is 13.0. The first-order valence-electron chi connectivity index (χ1n) is 8.51. The third-order valence-electron chi connectivity index (χ3n) is 4.10. The Labute approximate surface area is 151 Å². The molecular weight excluding hydrogens is 326 g/mol. The summed E-state index contributed by atoms with van der Waals surface area (Å²) < 4.78 is 7.51. The van der Waals surface area contributed by atoms with Crippen LogP contribution in [-0.2, 0) is 0 Å². The van der Waals surface area contributed by atoms with Crippen LogP contribution >= 0.6 is 0 Å². The smallest absolute Gasteiger partial charge is 0.143 e. The molecule has 0 radical (unpaired) electrons. The lowest BCUT2D eigenvalue weighted by atomic mass is 10.1. The van der Waals surface area contributed by atoms with Gasteiger partial charge in [-0.3, -0.25) is 4.40 Å². The number of hydrogen-bond donors (Lipinski definition) is 2. The molecule has 4 aromatic rings. The topological polar surface area (TPSA) is 58.8 Å². The monoisotopic (exact) mass is 345 g/mol. The van der Waals surface area contributed by atoms with E-state index >= 15 is 0 Å². The number of aromatic nitrogens is 2. The third kappa shape index (κ3) is 3.07. The minimum absolute atomic E-state index is 0.235. The molecule has 0 saturated heterocycles. The van der Waals surface area contributed by atoms with Gasteiger partial charge in [0.2, 0.25) is 0 Å². The van der Waals surface area contributed by atoms with E-state index in [2.05, 4.69) is 5.32 Å². The van der Waals surface area contributed by atoms with Crippen LogP contribution in [0.2, 0.25) is 0 Å². The number of rotatable bonds is 5. The van der Waals surface area contributed by atoms with Crippen molar-refractivity contribution in [2.24, 2.45) is 0 Å². The molecule has 0 saturated carbocycles. The lowest BCUT2D eigenvalue weighted by Crippen LogP contribution is -1.97. The molecule has 0 bridgehead atoms. The number of benzene rings is 2. The summed E-state index contributed by atoms with van der Waals surface area (Å²) in [6, 6.07) is 20.8. The van der Waals surface area contributed by atoms with Crippen molar-refractivity contribution in [3.63, 3.8) is 0 Å². The largest absolute Gasteiger partial charge is 0.508 e. The molecule has 0 aliphatic rings. The number of anilines is 2. The molecule has 5 heteroatoms. The fourth-order valence-electron chi connectivity index (χ4n) is 2.87. The summed E-state index contributed by atoms with van der Waals surface area (Å²) >= 11 is 0. The predicted octanol–water partition coefficient (Wildman–Crippen LogP) is 4.85. The average molecular weight is 345 g/mol. The fourth-order valence-corrected chi connectivity index (χ4v) is 2.87. The van der Waals surface area contributed by atoms with Crippen LogP contribution in [0.5, 0.6) is 11.5 Å². The van der Waals surface area contributed by atoms with Gasteiger partial charge in [0, 0.05) is 17.4 Å².